The van der Waals surface area contributed by atoms with Crippen molar-refractivity contribution >= 4 is 17.0 Å². The van der Waals surface area contributed by atoms with Crippen LogP contribution in [0.15, 0.2) is 40.8 Å². The average molecular weight is 338 g/mol. The first kappa shape index (κ1) is 17.0. The third-order valence-electron chi connectivity index (χ3n) is 4.25. The molecule has 0 atom stereocenters. The fourth-order valence-electron chi connectivity index (χ4n) is 3.00. The van der Waals surface area contributed by atoms with Gasteiger partial charge in [0.05, 0.1) is 21.3 Å². The second-order valence-electron chi connectivity index (χ2n) is 5.73. The topological polar surface area (TPSA) is 40.8 Å². The largest absolute Gasteiger partial charge is 0.493 e. The van der Waals surface area contributed by atoms with Crippen LogP contribution < -0.4 is 14.2 Å². The van der Waals surface area contributed by atoms with Crippen LogP contribution >= 0.6 is 0 Å². The summed E-state index contributed by atoms with van der Waals surface area (Å²) in [5.41, 5.74) is 3.82. The van der Waals surface area contributed by atoms with Crippen molar-refractivity contribution in [1.82, 2.24) is 0 Å². The van der Waals surface area contributed by atoms with Gasteiger partial charge in [-0.3, -0.25) is 0 Å². The molecule has 130 valence electrons. The number of ether oxygens (including phenoxy) is 3. The lowest BCUT2D eigenvalue weighted by molar-refractivity contribution is 0.355. The highest BCUT2D eigenvalue weighted by molar-refractivity contribution is 5.93. The van der Waals surface area contributed by atoms with Gasteiger partial charge in [-0.2, -0.15) is 0 Å². The van der Waals surface area contributed by atoms with Crippen molar-refractivity contribution < 1.29 is 18.6 Å². The number of methoxy groups -OCH3 is 3. The molecule has 0 amide bonds. The first-order valence-electron chi connectivity index (χ1n) is 8.09. The number of fused-ring (bicyclic) bond motifs is 1. The molecule has 0 radical (unpaired) electrons. The number of furan rings is 1. The van der Waals surface area contributed by atoms with E-state index in [1.54, 1.807) is 21.3 Å². The van der Waals surface area contributed by atoms with E-state index in [9.17, 15) is 0 Å². The van der Waals surface area contributed by atoms with Gasteiger partial charge in [0.25, 0.3) is 0 Å². The van der Waals surface area contributed by atoms with E-state index in [1.807, 2.05) is 43.3 Å². The predicted molar refractivity (Wildman–Crippen MR) is 101 cm³/mol. The Labute approximate surface area is 147 Å². The zero-order chi connectivity index (χ0) is 18.0. The van der Waals surface area contributed by atoms with Gasteiger partial charge in [0.15, 0.2) is 22.8 Å². The summed E-state index contributed by atoms with van der Waals surface area (Å²) in [6, 6.07) is 9.85. The third-order valence-corrected chi connectivity index (χ3v) is 4.25. The van der Waals surface area contributed by atoms with Gasteiger partial charge in [-0.1, -0.05) is 12.2 Å². The summed E-state index contributed by atoms with van der Waals surface area (Å²) >= 11 is 0. The van der Waals surface area contributed by atoms with E-state index in [4.69, 9.17) is 18.6 Å². The van der Waals surface area contributed by atoms with Crippen LogP contribution in [0.5, 0.6) is 17.2 Å². The predicted octanol–water partition coefficient (Wildman–Crippen LogP) is 5.47. The molecule has 0 spiro atoms. The van der Waals surface area contributed by atoms with Crippen LogP contribution in [0.25, 0.3) is 28.4 Å². The SMILES string of the molecule is C/C=C/c1cc(OC)c2oc(-c3ccc(OC)c(OC)c3)c(C)c2c1. The third kappa shape index (κ3) is 2.95. The quantitative estimate of drug-likeness (QED) is 0.619. The van der Waals surface area contributed by atoms with Gasteiger partial charge in [0.2, 0.25) is 0 Å². The van der Waals surface area contributed by atoms with E-state index >= 15 is 0 Å². The Morgan fingerprint density at radius 1 is 0.880 bits per heavy atom. The molecule has 1 aromatic heterocycles. The van der Waals surface area contributed by atoms with Gasteiger partial charge in [-0.15, -0.1) is 0 Å². The molecule has 0 saturated carbocycles. The molecule has 0 aliphatic carbocycles. The summed E-state index contributed by atoms with van der Waals surface area (Å²) in [7, 11) is 4.90. The number of rotatable bonds is 5. The van der Waals surface area contributed by atoms with Crippen LogP contribution in [0.2, 0.25) is 0 Å². The molecule has 3 rings (SSSR count). The van der Waals surface area contributed by atoms with E-state index in [2.05, 4.69) is 13.0 Å². The van der Waals surface area contributed by atoms with Crippen LogP contribution in [-0.4, -0.2) is 21.3 Å². The second-order valence-corrected chi connectivity index (χ2v) is 5.73. The van der Waals surface area contributed by atoms with Crippen molar-refractivity contribution in [1.29, 1.82) is 0 Å². The monoisotopic (exact) mass is 338 g/mol. The summed E-state index contributed by atoms with van der Waals surface area (Å²) < 4.78 is 22.4. The highest BCUT2D eigenvalue weighted by Gasteiger charge is 2.18. The highest BCUT2D eigenvalue weighted by Crippen LogP contribution is 2.40. The fraction of sp³-hybridized carbons (Fsp3) is 0.238. The summed E-state index contributed by atoms with van der Waals surface area (Å²) in [4.78, 5) is 0. The zero-order valence-electron chi connectivity index (χ0n) is 15.2. The van der Waals surface area contributed by atoms with Gasteiger partial charge in [-0.05, 0) is 49.7 Å². The Morgan fingerprint density at radius 2 is 1.60 bits per heavy atom. The molecule has 3 aromatic rings. The maximum atomic E-state index is 6.17. The van der Waals surface area contributed by atoms with E-state index in [0.29, 0.717) is 11.5 Å². The van der Waals surface area contributed by atoms with Gasteiger partial charge in [-0.25, -0.2) is 0 Å². The molecule has 2 aromatic carbocycles. The molecular weight excluding hydrogens is 316 g/mol. The van der Waals surface area contributed by atoms with Crippen molar-refractivity contribution in [2.45, 2.75) is 13.8 Å². The minimum Gasteiger partial charge on any atom is -0.493 e. The van der Waals surface area contributed by atoms with Crippen molar-refractivity contribution in [3.05, 3.63) is 47.5 Å². The van der Waals surface area contributed by atoms with Crippen molar-refractivity contribution in [2.75, 3.05) is 21.3 Å². The molecule has 0 unspecified atom stereocenters. The van der Waals surface area contributed by atoms with Crippen LogP contribution in [0.3, 0.4) is 0 Å². The maximum Gasteiger partial charge on any atom is 0.176 e. The summed E-state index contributed by atoms with van der Waals surface area (Å²) in [6.45, 7) is 4.05. The van der Waals surface area contributed by atoms with Crippen LogP contribution in [-0.2, 0) is 0 Å². The minimum absolute atomic E-state index is 0.668. The number of hydrogen-bond donors (Lipinski definition) is 0. The molecule has 4 nitrogen and oxygen atoms in total. The molecule has 0 aliphatic rings. The lowest BCUT2D eigenvalue weighted by atomic mass is 10.0. The highest BCUT2D eigenvalue weighted by atomic mass is 16.5. The second kappa shape index (κ2) is 6.93. The average Bonchev–Trinajstić information content (AvgIpc) is 2.97. The first-order valence-corrected chi connectivity index (χ1v) is 8.09. The molecule has 25 heavy (non-hydrogen) atoms. The normalized spacial score (nSPS) is 11.2. The van der Waals surface area contributed by atoms with Gasteiger partial charge >= 0.3 is 0 Å². The van der Waals surface area contributed by atoms with Crippen molar-refractivity contribution in [3.8, 4) is 28.6 Å². The van der Waals surface area contributed by atoms with E-state index in [0.717, 1.165) is 39.2 Å². The van der Waals surface area contributed by atoms with Crippen molar-refractivity contribution in [2.24, 2.45) is 0 Å². The molecular formula is C21H22O4. The Hall–Kier alpha value is -2.88. The molecule has 0 bridgehead atoms. The molecule has 1 heterocycles. The fourth-order valence-corrected chi connectivity index (χ4v) is 3.00. The Balaban J connectivity index is 2.22. The molecule has 0 aliphatic heterocycles. The lowest BCUT2D eigenvalue weighted by Crippen LogP contribution is -1.90. The standard InChI is InChI=1S/C21H22O4/c1-6-7-14-10-16-13(2)20(25-21(16)19(11-14)24-5)15-8-9-17(22-3)18(12-15)23-4/h6-12H,1-5H3/b7-6+. The Morgan fingerprint density at radius 3 is 2.24 bits per heavy atom. The van der Waals surface area contributed by atoms with Crippen LogP contribution in [0, 0.1) is 6.92 Å². The first-order chi connectivity index (χ1) is 12.1. The lowest BCUT2D eigenvalue weighted by Gasteiger charge is -2.08. The van der Waals surface area contributed by atoms with E-state index < -0.39 is 0 Å². The summed E-state index contributed by atoms with van der Waals surface area (Å²) in [5.74, 6) is 2.88. The number of aryl methyl sites for hydroxylation is 1. The van der Waals surface area contributed by atoms with E-state index in [1.165, 1.54) is 0 Å². The molecule has 0 N–H and O–H groups in total. The molecule has 0 fully saturated rings. The summed E-state index contributed by atoms with van der Waals surface area (Å²) in [6.07, 6.45) is 4.05. The van der Waals surface area contributed by atoms with Gasteiger partial charge in [0, 0.05) is 16.5 Å². The van der Waals surface area contributed by atoms with Crippen LogP contribution in [0.1, 0.15) is 18.1 Å². The number of hydrogen-bond acceptors (Lipinski definition) is 4. The van der Waals surface area contributed by atoms with Gasteiger partial charge in [0.1, 0.15) is 5.76 Å². The summed E-state index contributed by atoms with van der Waals surface area (Å²) in [5, 5.41) is 1.04. The van der Waals surface area contributed by atoms with Gasteiger partial charge < -0.3 is 18.6 Å². The molecule has 4 heteroatoms. The zero-order valence-corrected chi connectivity index (χ0v) is 15.2. The smallest absolute Gasteiger partial charge is 0.176 e. The maximum absolute atomic E-state index is 6.17. The Kier molecular flexibility index (Phi) is 4.70. The van der Waals surface area contributed by atoms with E-state index in [-0.39, 0.29) is 0 Å². The van der Waals surface area contributed by atoms with Crippen molar-refractivity contribution in [3.63, 3.8) is 0 Å². The number of benzene rings is 2. The Bertz CT molecular complexity index is 935. The number of allylic oxidation sites excluding steroid dienone is 1. The molecule has 0 saturated heterocycles. The van der Waals surface area contributed by atoms with Crippen LogP contribution in [0.4, 0.5) is 0 Å². The minimum atomic E-state index is 0.668.